The van der Waals surface area contributed by atoms with Gasteiger partial charge in [0, 0.05) is 35.6 Å². The Morgan fingerprint density at radius 2 is 2.17 bits per heavy atom. The molecule has 102 valence electrons. The molecule has 0 spiro atoms. The highest BCUT2D eigenvalue weighted by Crippen LogP contribution is 2.35. The topological polar surface area (TPSA) is 15.3 Å². The van der Waals surface area contributed by atoms with Crippen molar-refractivity contribution in [1.29, 1.82) is 0 Å². The van der Waals surface area contributed by atoms with E-state index in [9.17, 15) is 0 Å². The summed E-state index contributed by atoms with van der Waals surface area (Å²) in [7, 11) is 0. The molecule has 0 amide bonds. The Kier molecular flexibility index (Phi) is 4.15. The first-order chi connectivity index (χ1) is 8.41. The lowest BCUT2D eigenvalue weighted by Gasteiger charge is -2.48. The van der Waals surface area contributed by atoms with Crippen LogP contribution < -0.4 is 5.32 Å². The number of nitrogens with one attached hydrogen (secondary N) is 1. The van der Waals surface area contributed by atoms with Crippen molar-refractivity contribution in [2.75, 3.05) is 13.1 Å². The monoisotopic (exact) mass is 266 g/mol. The fourth-order valence-corrected chi connectivity index (χ4v) is 3.93. The summed E-state index contributed by atoms with van der Waals surface area (Å²) < 4.78 is 0. The molecule has 1 aliphatic heterocycles. The molecule has 1 N–H and O–H groups in total. The summed E-state index contributed by atoms with van der Waals surface area (Å²) in [6.45, 7) is 13.8. The van der Waals surface area contributed by atoms with Crippen LogP contribution in [0.3, 0.4) is 0 Å². The van der Waals surface area contributed by atoms with E-state index in [0.29, 0.717) is 18.0 Å². The van der Waals surface area contributed by atoms with E-state index in [1.807, 2.05) is 11.3 Å². The lowest BCUT2D eigenvalue weighted by atomic mass is 9.92. The summed E-state index contributed by atoms with van der Waals surface area (Å²) in [5.74, 6) is 0.653. The SMILES string of the molecule is CC(C)C(c1cccs1)N1CC(C)(C)NCC1C. The lowest BCUT2D eigenvalue weighted by Crippen LogP contribution is -2.61. The van der Waals surface area contributed by atoms with Gasteiger partial charge in [0.2, 0.25) is 0 Å². The quantitative estimate of drug-likeness (QED) is 0.900. The van der Waals surface area contributed by atoms with Crippen LogP contribution in [0.2, 0.25) is 0 Å². The number of hydrogen-bond acceptors (Lipinski definition) is 3. The highest BCUT2D eigenvalue weighted by Gasteiger charge is 2.36. The molecule has 0 saturated carbocycles. The van der Waals surface area contributed by atoms with E-state index < -0.39 is 0 Å². The minimum Gasteiger partial charge on any atom is -0.309 e. The van der Waals surface area contributed by atoms with Gasteiger partial charge in [-0.25, -0.2) is 0 Å². The van der Waals surface area contributed by atoms with Crippen molar-refractivity contribution in [2.45, 2.75) is 52.2 Å². The Balaban J connectivity index is 2.24. The Hall–Kier alpha value is -0.380. The van der Waals surface area contributed by atoms with Gasteiger partial charge in [-0.05, 0) is 38.1 Å². The number of rotatable bonds is 3. The van der Waals surface area contributed by atoms with Crippen molar-refractivity contribution in [3.05, 3.63) is 22.4 Å². The van der Waals surface area contributed by atoms with Crippen molar-refractivity contribution in [1.82, 2.24) is 10.2 Å². The fraction of sp³-hybridized carbons (Fsp3) is 0.733. The van der Waals surface area contributed by atoms with Crippen LogP contribution in [0.4, 0.5) is 0 Å². The van der Waals surface area contributed by atoms with Crippen LogP contribution in [0.1, 0.15) is 45.5 Å². The normalized spacial score (nSPS) is 26.4. The average molecular weight is 266 g/mol. The van der Waals surface area contributed by atoms with Crippen LogP contribution in [0.5, 0.6) is 0 Å². The maximum atomic E-state index is 3.64. The number of thiophene rings is 1. The van der Waals surface area contributed by atoms with Crippen LogP contribution in [0.15, 0.2) is 17.5 Å². The molecule has 1 aliphatic rings. The largest absolute Gasteiger partial charge is 0.309 e. The lowest BCUT2D eigenvalue weighted by molar-refractivity contribution is 0.0433. The van der Waals surface area contributed by atoms with Crippen molar-refractivity contribution in [3.63, 3.8) is 0 Å². The maximum Gasteiger partial charge on any atom is 0.0468 e. The van der Waals surface area contributed by atoms with Crippen molar-refractivity contribution in [2.24, 2.45) is 5.92 Å². The second kappa shape index (κ2) is 5.32. The Morgan fingerprint density at radius 1 is 1.44 bits per heavy atom. The van der Waals surface area contributed by atoms with E-state index in [0.717, 1.165) is 13.1 Å². The minimum absolute atomic E-state index is 0.219. The average Bonchev–Trinajstić information content (AvgIpc) is 2.76. The summed E-state index contributed by atoms with van der Waals surface area (Å²) in [6.07, 6.45) is 0. The van der Waals surface area contributed by atoms with Crippen LogP contribution >= 0.6 is 11.3 Å². The molecular formula is C15H26N2S. The first-order valence-electron chi connectivity index (χ1n) is 6.95. The van der Waals surface area contributed by atoms with Gasteiger partial charge in [-0.1, -0.05) is 19.9 Å². The number of nitrogens with zero attached hydrogens (tertiary/aromatic N) is 1. The summed E-state index contributed by atoms with van der Waals surface area (Å²) in [5.41, 5.74) is 0.219. The molecule has 0 bridgehead atoms. The van der Waals surface area contributed by atoms with E-state index in [4.69, 9.17) is 0 Å². The molecule has 2 unspecified atom stereocenters. The third kappa shape index (κ3) is 2.95. The van der Waals surface area contributed by atoms with Gasteiger partial charge in [-0.3, -0.25) is 4.90 Å². The standard InChI is InChI=1S/C15H26N2S/c1-11(2)14(13-7-6-8-18-13)17-10-15(4,5)16-9-12(17)3/h6-8,11-12,14,16H,9-10H2,1-5H3. The highest BCUT2D eigenvalue weighted by molar-refractivity contribution is 7.10. The molecule has 1 fully saturated rings. The third-order valence-electron chi connectivity index (χ3n) is 3.84. The number of piperazine rings is 1. The van der Waals surface area contributed by atoms with Gasteiger partial charge < -0.3 is 5.32 Å². The van der Waals surface area contributed by atoms with Crippen LogP contribution in [-0.2, 0) is 0 Å². The Morgan fingerprint density at radius 3 is 2.72 bits per heavy atom. The van der Waals surface area contributed by atoms with Gasteiger partial charge in [0.1, 0.15) is 0 Å². The van der Waals surface area contributed by atoms with E-state index in [1.165, 1.54) is 4.88 Å². The summed E-state index contributed by atoms with van der Waals surface area (Å²) >= 11 is 1.89. The molecule has 2 heterocycles. The zero-order valence-corrected chi connectivity index (χ0v) is 13.1. The summed E-state index contributed by atoms with van der Waals surface area (Å²) in [4.78, 5) is 4.20. The minimum atomic E-state index is 0.219. The van der Waals surface area contributed by atoms with E-state index >= 15 is 0 Å². The molecule has 2 rings (SSSR count). The highest BCUT2D eigenvalue weighted by atomic mass is 32.1. The molecule has 1 aromatic rings. The van der Waals surface area contributed by atoms with E-state index in [2.05, 4.69) is 62.3 Å². The first kappa shape index (κ1) is 14.0. The van der Waals surface area contributed by atoms with Gasteiger partial charge in [0.05, 0.1) is 0 Å². The Labute approximate surface area is 115 Å². The van der Waals surface area contributed by atoms with E-state index in [-0.39, 0.29) is 5.54 Å². The molecule has 2 nitrogen and oxygen atoms in total. The second-order valence-electron chi connectivity index (χ2n) is 6.49. The van der Waals surface area contributed by atoms with Gasteiger partial charge in [-0.15, -0.1) is 11.3 Å². The fourth-order valence-electron chi connectivity index (χ4n) is 2.92. The molecule has 2 atom stereocenters. The molecule has 1 aromatic heterocycles. The zero-order chi connectivity index (χ0) is 13.3. The third-order valence-corrected chi connectivity index (χ3v) is 4.79. The molecule has 3 heteroatoms. The smallest absolute Gasteiger partial charge is 0.0468 e. The van der Waals surface area contributed by atoms with Gasteiger partial charge >= 0.3 is 0 Å². The van der Waals surface area contributed by atoms with Crippen molar-refractivity contribution >= 4 is 11.3 Å². The van der Waals surface area contributed by atoms with Crippen molar-refractivity contribution < 1.29 is 0 Å². The molecule has 18 heavy (non-hydrogen) atoms. The van der Waals surface area contributed by atoms with Gasteiger partial charge in [0.25, 0.3) is 0 Å². The van der Waals surface area contributed by atoms with Crippen molar-refractivity contribution in [3.8, 4) is 0 Å². The van der Waals surface area contributed by atoms with Crippen LogP contribution in [0, 0.1) is 5.92 Å². The number of hydrogen-bond donors (Lipinski definition) is 1. The first-order valence-corrected chi connectivity index (χ1v) is 7.83. The predicted molar refractivity (Wildman–Crippen MR) is 80.1 cm³/mol. The zero-order valence-electron chi connectivity index (χ0n) is 12.2. The molecular weight excluding hydrogens is 240 g/mol. The Bertz CT molecular complexity index is 370. The predicted octanol–water partition coefficient (Wildman–Crippen LogP) is 3.52. The van der Waals surface area contributed by atoms with Crippen LogP contribution in [0.25, 0.3) is 0 Å². The maximum absolute atomic E-state index is 3.64. The van der Waals surface area contributed by atoms with Gasteiger partial charge in [-0.2, -0.15) is 0 Å². The van der Waals surface area contributed by atoms with Gasteiger partial charge in [0.15, 0.2) is 0 Å². The molecule has 0 aliphatic carbocycles. The molecule has 0 aromatic carbocycles. The second-order valence-corrected chi connectivity index (χ2v) is 7.47. The van der Waals surface area contributed by atoms with Crippen LogP contribution in [-0.4, -0.2) is 29.6 Å². The molecule has 0 radical (unpaired) electrons. The summed E-state index contributed by atoms with van der Waals surface area (Å²) in [5, 5.41) is 5.84. The summed E-state index contributed by atoms with van der Waals surface area (Å²) in [6, 6.07) is 5.62. The molecule has 1 saturated heterocycles. The van der Waals surface area contributed by atoms with E-state index in [1.54, 1.807) is 0 Å².